The average molecular weight is 490 g/mol. The van der Waals surface area contributed by atoms with Crippen LogP contribution in [0, 0.1) is 12.7 Å². The van der Waals surface area contributed by atoms with Crippen LogP contribution >= 0.6 is 11.6 Å². The number of halogens is 4. The molecule has 2 heterocycles. The Balaban J connectivity index is 1.57. The smallest absolute Gasteiger partial charge is 0.294 e. The normalized spacial score (nSPS) is 12.6. The van der Waals surface area contributed by atoms with E-state index < -0.39 is 35.9 Å². The van der Waals surface area contributed by atoms with Gasteiger partial charge in [0.05, 0.1) is 17.1 Å². The number of carbonyl (C=O) groups is 1. The van der Waals surface area contributed by atoms with E-state index in [1.807, 2.05) is 5.32 Å². The minimum absolute atomic E-state index is 0.00470. The molecule has 0 spiro atoms. The van der Waals surface area contributed by atoms with E-state index in [4.69, 9.17) is 17.3 Å². The minimum Gasteiger partial charge on any atom is -0.382 e. The number of nitrogen functional groups attached to an aromatic ring is 1. The fourth-order valence-corrected chi connectivity index (χ4v) is 3.66. The standard InChI is InChI=1S/C23H19ClF3N5O2/c1-12-2-4-13(5-3-12)20(33)23(26,27)11-29-21(34)18-16(24)7-6-15(19(18)25)14-8-9-32-17(10-14)30-22(28)31-32/h2-10,20,33H,11H2,1H3,(H2,28,31)(H,29,34)/t20-/m0/s1. The number of amides is 1. The van der Waals surface area contributed by atoms with Crippen LogP contribution in [0.4, 0.5) is 19.1 Å². The fourth-order valence-electron chi connectivity index (χ4n) is 3.43. The van der Waals surface area contributed by atoms with Crippen molar-refractivity contribution in [1.29, 1.82) is 0 Å². The summed E-state index contributed by atoms with van der Waals surface area (Å²) in [5, 5.41) is 15.7. The molecule has 0 unspecified atom stereocenters. The molecule has 34 heavy (non-hydrogen) atoms. The van der Waals surface area contributed by atoms with Gasteiger partial charge < -0.3 is 16.2 Å². The first-order chi connectivity index (χ1) is 16.1. The second-order valence-electron chi connectivity index (χ2n) is 7.73. The summed E-state index contributed by atoms with van der Waals surface area (Å²) in [5.74, 6) is -5.83. The maximum atomic E-state index is 15.3. The summed E-state index contributed by atoms with van der Waals surface area (Å²) >= 11 is 6.02. The number of nitrogens with zero attached hydrogens (tertiary/aromatic N) is 3. The summed E-state index contributed by atoms with van der Waals surface area (Å²) in [7, 11) is 0. The molecule has 0 bridgehead atoms. The number of benzene rings is 2. The van der Waals surface area contributed by atoms with Gasteiger partial charge in [0.15, 0.2) is 5.65 Å². The number of rotatable bonds is 6. The zero-order valence-corrected chi connectivity index (χ0v) is 18.5. The van der Waals surface area contributed by atoms with Crippen LogP contribution in [-0.2, 0) is 0 Å². The van der Waals surface area contributed by atoms with Gasteiger partial charge in [-0.1, -0.05) is 41.4 Å². The lowest BCUT2D eigenvalue weighted by Gasteiger charge is -2.23. The number of carbonyl (C=O) groups excluding carboxylic acids is 1. The van der Waals surface area contributed by atoms with Gasteiger partial charge in [-0.3, -0.25) is 4.79 Å². The Hall–Kier alpha value is -3.63. The quantitative estimate of drug-likeness (QED) is 0.377. The van der Waals surface area contributed by atoms with E-state index in [1.165, 1.54) is 47.1 Å². The molecule has 2 aromatic carbocycles. The molecule has 0 saturated carbocycles. The van der Waals surface area contributed by atoms with Gasteiger partial charge in [-0.15, -0.1) is 5.10 Å². The van der Waals surface area contributed by atoms with E-state index in [1.54, 1.807) is 19.1 Å². The zero-order valence-electron chi connectivity index (χ0n) is 17.8. The Labute approximate surface area is 197 Å². The third-order valence-electron chi connectivity index (χ3n) is 5.26. The van der Waals surface area contributed by atoms with Gasteiger partial charge in [-0.05, 0) is 42.3 Å². The second kappa shape index (κ2) is 8.96. The number of aryl methyl sites for hydroxylation is 1. The largest absolute Gasteiger partial charge is 0.382 e. The molecule has 4 aromatic rings. The molecule has 0 aliphatic heterocycles. The summed E-state index contributed by atoms with van der Waals surface area (Å²) < 4.78 is 45.8. The van der Waals surface area contributed by atoms with E-state index in [-0.39, 0.29) is 22.1 Å². The number of hydrogen-bond donors (Lipinski definition) is 3. The molecular weight excluding hydrogens is 471 g/mol. The van der Waals surface area contributed by atoms with Gasteiger partial charge in [-0.2, -0.15) is 4.98 Å². The van der Waals surface area contributed by atoms with Gasteiger partial charge in [-0.25, -0.2) is 17.7 Å². The van der Waals surface area contributed by atoms with Crippen molar-refractivity contribution in [3.63, 3.8) is 0 Å². The number of aromatic nitrogens is 3. The summed E-state index contributed by atoms with van der Waals surface area (Å²) in [6.07, 6.45) is -0.656. The van der Waals surface area contributed by atoms with Crippen LogP contribution in [0.2, 0.25) is 5.02 Å². The van der Waals surface area contributed by atoms with Crippen molar-refractivity contribution < 1.29 is 23.1 Å². The van der Waals surface area contributed by atoms with Crippen LogP contribution in [-0.4, -0.2) is 38.1 Å². The van der Waals surface area contributed by atoms with Crippen LogP contribution in [0.25, 0.3) is 16.8 Å². The molecule has 0 radical (unpaired) electrons. The number of nitrogens with two attached hydrogens (primary N) is 1. The first-order valence-corrected chi connectivity index (χ1v) is 10.5. The Bertz CT molecular complexity index is 1380. The predicted molar refractivity (Wildman–Crippen MR) is 121 cm³/mol. The monoisotopic (exact) mass is 489 g/mol. The summed E-state index contributed by atoms with van der Waals surface area (Å²) in [6, 6.07) is 11.6. The molecule has 0 aliphatic rings. The number of nitrogens with one attached hydrogen (secondary N) is 1. The number of aliphatic hydroxyl groups is 1. The van der Waals surface area contributed by atoms with Crippen LogP contribution in [0.1, 0.15) is 27.6 Å². The van der Waals surface area contributed by atoms with Gasteiger partial charge in [0.25, 0.3) is 11.8 Å². The SMILES string of the molecule is Cc1ccc([C@H](O)C(F)(F)CNC(=O)c2c(Cl)ccc(-c3ccn4nc(N)nc4c3)c2F)cc1. The number of fused-ring (bicyclic) bond motifs is 1. The lowest BCUT2D eigenvalue weighted by atomic mass is 10.0. The van der Waals surface area contributed by atoms with Crippen molar-refractivity contribution in [1.82, 2.24) is 19.9 Å². The molecule has 0 fully saturated rings. The Morgan fingerprint density at radius 1 is 1.24 bits per heavy atom. The molecule has 176 valence electrons. The molecule has 4 N–H and O–H groups in total. The van der Waals surface area contributed by atoms with Gasteiger partial charge >= 0.3 is 0 Å². The zero-order chi connectivity index (χ0) is 24.6. The highest BCUT2D eigenvalue weighted by Crippen LogP contribution is 2.33. The third kappa shape index (κ3) is 4.55. The van der Waals surface area contributed by atoms with Crippen molar-refractivity contribution in [3.05, 3.63) is 82.3 Å². The van der Waals surface area contributed by atoms with Gasteiger partial charge in [0.1, 0.15) is 11.9 Å². The maximum absolute atomic E-state index is 15.3. The Morgan fingerprint density at radius 3 is 2.65 bits per heavy atom. The number of alkyl halides is 2. The molecule has 1 amide bonds. The van der Waals surface area contributed by atoms with Crippen LogP contribution < -0.4 is 11.1 Å². The Morgan fingerprint density at radius 2 is 1.94 bits per heavy atom. The average Bonchev–Trinajstić information content (AvgIpc) is 3.17. The molecule has 11 heteroatoms. The molecule has 4 rings (SSSR count). The highest BCUT2D eigenvalue weighted by molar-refractivity contribution is 6.34. The number of pyridine rings is 1. The van der Waals surface area contributed by atoms with E-state index in [0.717, 1.165) is 5.56 Å². The van der Waals surface area contributed by atoms with Crippen molar-refractivity contribution >= 4 is 29.1 Å². The number of anilines is 1. The van der Waals surface area contributed by atoms with Crippen LogP contribution in [0.15, 0.2) is 54.7 Å². The number of hydrogen-bond acceptors (Lipinski definition) is 5. The minimum atomic E-state index is -3.72. The van der Waals surface area contributed by atoms with E-state index in [2.05, 4.69) is 10.1 Å². The topological polar surface area (TPSA) is 106 Å². The van der Waals surface area contributed by atoms with Gasteiger partial charge in [0, 0.05) is 11.8 Å². The lowest BCUT2D eigenvalue weighted by molar-refractivity contribution is -0.106. The molecule has 2 aromatic heterocycles. The van der Waals surface area contributed by atoms with Gasteiger partial charge in [0.2, 0.25) is 5.95 Å². The highest BCUT2D eigenvalue weighted by atomic mass is 35.5. The fraction of sp³-hybridized carbons (Fsp3) is 0.174. The van der Waals surface area contributed by atoms with Crippen molar-refractivity contribution in [2.45, 2.75) is 19.0 Å². The molecule has 1 atom stereocenters. The first-order valence-electron chi connectivity index (χ1n) is 10.1. The third-order valence-corrected chi connectivity index (χ3v) is 5.58. The van der Waals surface area contributed by atoms with Crippen molar-refractivity contribution in [2.75, 3.05) is 12.3 Å². The van der Waals surface area contributed by atoms with Crippen LogP contribution in [0.5, 0.6) is 0 Å². The van der Waals surface area contributed by atoms with Crippen LogP contribution in [0.3, 0.4) is 0 Å². The number of aliphatic hydroxyl groups excluding tert-OH is 1. The predicted octanol–water partition coefficient (Wildman–Crippen LogP) is 4.18. The highest BCUT2D eigenvalue weighted by Gasteiger charge is 2.40. The molecule has 7 nitrogen and oxygen atoms in total. The molecular formula is C23H19ClF3N5O2. The summed E-state index contributed by atoms with van der Waals surface area (Å²) in [5.41, 5.74) is 6.49. The lowest BCUT2D eigenvalue weighted by Crippen LogP contribution is -2.41. The molecule has 0 saturated heterocycles. The Kier molecular flexibility index (Phi) is 6.20. The summed E-state index contributed by atoms with van der Waals surface area (Å²) in [6.45, 7) is 0.548. The maximum Gasteiger partial charge on any atom is 0.294 e. The van der Waals surface area contributed by atoms with Crippen molar-refractivity contribution in [2.24, 2.45) is 0 Å². The molecule has 0 aliphatic carbocycles. The van der Waals surface area contributed by atoms with Crippen molar-refractivity contribution in [3.8, 4) is 11.1 Å². The van der Waals surface area contributed by atoms with E-state index in [0.29, 0.717) is 11.2 Å². The van der Waals surface area contributed by atoms with E-state index in [9.17, 15) is 18.7 Å². The second-order valence-corrected chi connectivity index (χ2v) is 8.14. The van der Waals surface area contributed by atoms with E-state index >= 15 is 4.39 Å². The first kappa shape index (κ1) is 23.5. The summed E-state index contributed by atoms with van der Waals surface area (Å²) in [4.78, 5) is 16.6.